The molecule has 0 radical (unpaired) electrons. The van der Waals surface area contributed by atoms with Gasteiger partial charge >= 0.3 is 0 Å². The van der Waals surface area contributed by atoms with E-state index in [1.165, 1.54) is 0 Å². The Hall–Kier alpha value is -1.08. The highest BCUT2D eigenvalue weighted by Gasteiger charge is 1.92. The summed E-state index contributed by atoms with van der Waals surface area (Å²) in [7, 11) is 0. The molecule has 0 saturated heterocycles. The van der Waals surface area contributed by atoms with Crippen LogP contribution < -0.4 is 0 Å². The third-order valence-corrected chi connectivity index (χ3v) is 2.54. The minimum atomic E-state index is 0.981. The lowest BCUT2D eigenvalue weighted by Gasteiger charge is -1.99. The van der Waals surface area contributed by atoms with Gasteiger partial charge in [0.05, 0.1) is 0 Å². The van der Waals surface area contributed by atoms with E-state index in [1.807, 2.05) is 50.3 Å². The fraction of sp³-hybridized carbons (Fsp3) is 0.143. The maximum Gasteiger partial charge on any atom is 0.0132 e. The minimum Gasteiger partial charge on any atom is -0.0991 e. The Morgan fingerprint density at radius 3 is 2.20 bits per heavy atom. The molecule has 0 aromatic carbocycles. The van der Waals surface area contributed by atoms with Gasteiger partial charge in [0.1, 0.15) is 0 Å². The molecule has 15 heavy (non-hydrogen) atoms. The molecule has 0 aromatic heterocycles. The SMILES string of the molecule is C=C/C=C\C(=C/C)C(=C)/C=C\C(Br)=C/C. The zero-order valence-corrected chi connectivity index (χ0v) is 10.9. The minimum absolute atomic E-state index is 0.981. The molecule has 0 aliphatic carbocycles. The van der Waals surface area contributed by atoms with E-state index in [1.54, 1.807) is 6.08 Å². The van der Waals surface area contributed by atoms with Gasteiger partial charge in [0.25, 0.3) is 0 Å². The van der Waals surface area contributed by atoms with E-state index in [0.29, 0.717) is 0 Å². The average molecular weight is 265 g/mol. The predicted octanol–water partition coefficient (Wildman–Crippen LogP) is 5.09. The smallest absolute Gasteiger partial charge is 0.0132 e. The van der Waals surface area contributed by atoms with Gasteiger partial charge in [-0.25, -0.2) is 0 Å². The Morgan fingerprint density at radius 1 is 1.07 bits per heavy atom. The number of halogens is 1. The van der Waals surface area contributed by atoms with Gasteiger partial charge in [-0.2, -0.15) is 0 Å². The first kappa shape index (κ1) is 13.9. The molecule has 0 bridgehead atoms. The monoisotopic (exact) mass is 264 g/mol. The van der Waals surface area contributed by atoms with Crippen molar-refractivity contribution in [1.82, 2.24) is 0 Å². The van der Waals surface area contributed by atoms with E-state index in [-0.39, 0.29) is 0 Å². The maximum atomic E-state index is 4.00. The maximum absolute atomic E-state index is 4.00. The molecule has 0 heterocycles. The third-order valence-electron chi connectivity index (χ3n) is 1.81. The average Bonchev–Trinajstić information content (AvgIpc) is 2.26. The van der Waals surface area contributed by atoms with Crippen LogP contribution in [0.5, 0.6) is 0 Å². The van der Waals surface area contributed by atoms with Gasteiger partial charge in [-0.05, 0) is 31.1 Å². The van der Waals surface area contributed by atoms with Crippen LogP contribution in [-0.4, -0.2) is 0 Å². The van der Waals surface area contributed by atoms with E-state index in [0.717, 1.165) is 15.6 Å². The molecule has 1 heteroatoms. The quantitative estimate of drug-likeness (QED) is 0.607. The summed E-state index contributed by atoms with van der Waals surface area (Å²) in [5.41, 5.74) is 2.08. The van der Waals surface area contributed by atoms with Crippen molar-refractivity contribution < 1.29 is 0 Å². The molecule has 0 aromatic rings. The Balaban J connectivity index is 4.63. The zero-order valence-electron chi connectivity index (χ0n) is 9.33. The van der Waals surface area contributed by atoms with Crippen molar-refractivity contribution in [2.24, 2.45) is 0 Å². The molecule has 0 N–H and O–H groups in total. The number of rotatable bonds is 5. The molecular formula is C14H17Br. The molecule has 0 spiro atoms. The normalized spacial score (nSPS) is 13.8. The highest BCUT2D eigenvalue weighted by Crippen LogP contribution is 2.14. The second-order valence-electron chi connectivity index (χ2n) is 2.87. The van der Waals surface area contributed by atoms with Gasteiger partial charge in [-0.1, -0.05) is 65.5 Å². The molecule has 0 nitrogen and oxygen atoms in total. The first-order valence-electron chi connectivity index (χ1n) is 4.80. The molecule has 0 amide bonds. The summed E-state index contributed by atoms with van der Waals surface area (Å²) in [6, 6.07) is 0. The highest BCUT2D eigenvalue weighted by atomic mass is 79.9. The van der Waals surface area contributed by atoms with Crippen LogP contribution in [0.2, 0.25) is 0 Å². The molecule has 80 valence electrons. The molecular weight excluding hydrogens is 248 g/mol. The van der Waals surface area contributed by atoms with E-state index >= 15 is 0 Å². The van der Waals surface area contributed by atoms with Gasteiger partial charge in [-0.3, -0.25) is 0 Å². The van der Waals surface area contributed by atoms with Crippen LogP contribution in [0.25, 0.3) is 0 Å². The van der Waals surface area contributed by atoms with Crippen LogP contribution in [0.3, 0.4) is 0 Å². The molecule has 0 atom stereocenters. The Morgan fingerprint density at radius 2 is 1.73 bits per heavy atom. The molecule has 0 aliphatic rings. The van der Waals surface area contributed by atoms with Crippen LogP contribution in [0.1, 0.15) is 13.8 Å². The summed E-state index contributed by atoms with van der Waals surface area (Å²) < 4.78 is 1.05. The molecule has 0 aliphatic heterocycles. The Labute approximate surface area is 101 Å². The first-order valence-corrected chi connectivity index (χ1v) is 5.59. The van der Waals surface area contributed by atoms with E-state index in [2.05, 4.69) is 29.1 Å². The van der Waals surface area contributed by atoms with Crippen LogP contribution >= 0.6 is 15.9 Å². The summed E-state index contributed by atoms with van der Waals surface area (Å²) >= 11 is 3.41. The van der Waals surface area contributed by atoms with Crippen LogP contribution in [-0.2, 0) is 0 Å². The number of hydrogen-bond acceptors (Lipinski definition) is 0. The summed E-state index contributed by atoms with van der Waals surface area (Å²) in [5, 5.41) is 0. The predicted molar refractivity (Wildman–Crippen MR) is 74.1 cm³/mol. The summed E-state index contributed by atoms with van der Waals surface area (Å²) in [5.74, 6) is 0. The molecule has 0 rings (SSSR count). The standard InChI is InChI=1S/C14H17Br/c1-5-8-9-13(6-2)12(4)10-11-14(15)7-3/h5-11H,1,4H2,2-3H3/b9-8-,11-10-,13-6+,14-7+. The Bertz CT molecular complexity index is 338. The van der Waals surface area contributed by atoms with Gasteiger partial charge in [0.2, 0.25) is 0 Å². The summed E-state index contributed by atoms with van der Waals surface area (Å²) in [6.07, 6.45) is 13.6. The first-order chi connectivity index (χ1) is 7.15. The lowest BCUT2D eigenvalue weighted by molar-refractivity contribution is 1.51. The fourth-order valence-corrected chi connectivity index (χ4v) is 1.07. The van der Waals surface area contributed by atoms with Gasteiger partial charge in [-0.15, -0.1) is 0 Å². The van der Waals surface area contributed by atoms with Crippen molar-refractivity contribution in [1.29, 1.82) is 0 Å². The van der Waals surface area contributed by atoms with Crippen molar-refractivity contribution in [3.63, 3.8) is 0 Å². The summed E-state index contributed by atoms with van der Waals surface area (Å²) in [4.78, 5) is 0. The van der Waals surface area contributed by atoms with Crippen molar-refractivity contribution in [2.45, 2.75) is 13.8 Å². The van der Waals surface area contributed by atoms with Crippen molar-refractivity contribution in [3.05, 3.63) is 71.3 Å². The van der Waals surface area contributed by atoms with Crippen molar-refractivity contribution in [3.8, 4) is 0 Å². The second-order valence-corrected chi connectivity index (χ2v) is 3.79. The molecule has 0 unspecified atom stereocenters. The van der Waals surface area contributed by atoms with E-state index < -0.39 is 0 Å². The number of allylic oxidation sites excluding steroid dienone is 10. The van der Waals surface area contributed by atoms with Crippen LogP contribution in [0, 0.1) is 0 Å². The fourth-order valence-electron chi connectivity index (χ4n) is 0.933. The highest BCUT2D eigenvalue weighted by molar-refractivity contribution is 9.11. The topological polar surface area (TPSA) is 0 Å². The van der Waals surface area contributed by atoms with Gasteiger partial charge in [0, 0.05) is 4.48 Å². The van der Waals surface area contributed by atoms with Crippen LogP contribution in [0.15, 0.2) is 71.3 Å². The van der Waals surface area contributed by atoms with Crippen molar-refractivity contribution >= 4 is 15.9 Å². The van der Waals surface area contributed by atoms with E-state index in [9.17, 15) is 0 Å². The van der Waals surface area contributed by atoms with Crippen molar-refractivity contribution in [2.75, 3.05) is 0 Å². The van der Waals surface area contributed by atoms with Crippen LogP contribution in [0.4, 0.5) is 0 Å². The van der Waals surface area contributed by atoms with E-state index in [4.69, 9.17) is 0 Å². The zero-order chi connectivity index (χ0) is 11.7. The second kappa shape index (κ2) is 8.25. The van der Waals surface area contributed by atoms with Gasteiger partial charge in [0.15, 0.2) is 0 Å². The molecule has 0 saturated carbocycles. The van der Waals surface area contributed by atoms with Gasteiger partial charge < -0.3 is 0 Å². The lowest BCUT2D eigenvalue weighted by atomic mass is 10.1. The summed E-state index contributed by atoms with van der Waals surface area (Å²) in [6.45, 7) is 11.6. The Kier molecular flexibility index (Phi) is 7.65. The number of hydrogen-bond donors (Lipinski definition) is 0. The lowest BCUT2D eigenvalue weighted by Crippen LogP contribution is -1.79. The largest absolute Gasteiger partial charge is 0.0991 e. The molecule has 0 fully saturated rings. The third kappa shape index (κ3) is 6.08.